The summed E-state index contributed by atoms with van der Waals surface area (Å²) in [6, 6.07) is 19.6. The Bertz CT molecular complexity index is 623. The second-order valence-corrected chi connectivity index (χ2v) is 11.6. The van der Waals surface area contributed by atoms with Gasteiger partial charge in [-0.2, -0.15) is 0 Å². The fourth-order valence-corrected chi connectivity index (χ4v) is 6.11. The Morgan fingerprint density at radius 2 is 1.00 bits per heavy atom. The minimum absolute atomic E-state index is 0.268. The van der Waals surface area contributed by atoms with Gasteiger partial charge in [0.25, 0.3) is 0 Å². The van der Waals surface area contributed by atoms with Crippen LogP contribution in [0.2, 0.25) is 0 Å². The zero-order chi connectivity index (χ0) is 21.1. The molecule has 2 aromatic carbocycles. The molecule has 2 aromatic rings. The van der Waals surface area contributed by atoms with E-state index in [2.05, 4.69) is 61.5 Å². The summed E-state index contributed by atoms with van der Waals surface area (Å²) in [7, 11) is 0. The van der Waals surface area contributed by atoms with Crippen molar-refractivity contribution < 1.29 is 4.74 Å². The van der Waals surface area contributed by atoms with Gasteiger partial charge in [-0.1, -0.05) is 58.3 Å². The van der Waals surface area contributed by atoms with Crippen molar-refractivity contribution in [2.24, 2.45) is 0 Å². The molecule has 30 heavy (non-hydrogen) atoms. The van der Waals surface area contributed by atoms with Crippen LogP contribution in [-0.4, -0.2) is 6.61 Å². The van der Waals surface area contributed by atoms with Crippen molar-refractivity contribution >= 4 is 21.2 Å². The summed E-state index contributed by atoms with van der Waals surface area (Å²) in [4.78, 5) is 0. The fraction of sp³-hybridized carbons (Fsp3) is 0.571. The van der Waals surface area contributed by atoms with Gasteiger partial charge in [0.2, 0.25) is 0 Å². The minimum atomic E-state index is -0.268. The third-order valence-electron chi connectivity index (χ3n) is 5.57. The molecule has 0 unspecified atom stereocenters. The molecule has 2 heteroatoms. The molecule has 0 saturated heterocycles. The standard InChI is InChI=1S/C28H43IO/c1-2-3-4-5-6-7-8-9-10-11-12-13-14-18-25-30-28-23-21-27(22-24-28)29-26-19-16-15-17-20-26/h15-17,19-24,29H,2-14,18,25H2,1H3. The molecule has 0 atom stereocenters. The molecule has 0 N–H and O–H groups in total. The third kappa shape index (κ3) is 12.6. The van der Waals surface area contributed by atoms with Crippen molar-refractivity contribution in [2.75, 3.05) is 6.61 Å². The average Bonchev–Trinajstić information content (AvgIpc) is 2.78. The number of benzene rings is 2. The number of hydrogen-bond donors (Lipinski definition) is 0. The van der Waals surface area contributed by atoms with Gasteiger partial charge in [0.1, 0.15) is 0 Å². The molecule has 0 saturated carbocycles. The number of hydrogen-bond acceptors (Lipinski definition) is 1. The molecular formula is C28H43IO. The first-order valence-electron chi connectivity index (χ1n) is 12.3. The molecule has 0 spiro atoms. The predicted octanol–water partition coefficient (Wildman–Crippen LogP) is 9.29. The summed E-state index contributed by atoms with van der Waals surface area (Å²) in [6.45, 7) is 3.15. The predicted molar refractivity (Wildman–Crippen MR) is 141 cm³/mol. The molecular weight excluding hydrogens is 479 g/mol. The quantitative estimate of drug-likeness (QED) is 0.140. The Morgan fingerprint density at radius 3 is 1.53 bits per heavy atom. The Labute approximate surface area is 196 Å². The molecule has 1 nitrogen and oxygen atoms in total. The van der Waals surface area contributed by atoms with Crippen molar-refractivity contribution in [3.8, 4) is 5.75 Å². The summed E-state index contributed by atoms with van der Waals surface area (Å²) in [6.07, 6.45) is 19.6. The van der Waals surface area contributed by atoms with Crippen LogP contribution in [0.25, 0.3) is 0 Å². The second-order valence-electron chi connectivity index (χ2n) is 8.33. The maximum absolute atomic E-state index is 5.93. The normalized spacial score (nSPS) is 11.1. The van der Waals surface area contributed by atoms with Gasteiger partial charge >= 0.3 is 139 Å². The van der Waals surface area contributed by atoms with Gasteiger partial charge < -0.3 is 0 Å². The molecule has 2 rings (SSSR count). The van der Waals surface area contributed by atoms with Crippen LogP contribution in [0.15, 0.2) is 54.6 Å². The Balaban J connectivity index is 1.38. The van der Waals surface area contributed by atoms with Crippen molar-refractivity contribution in [3.63, 3.8) is 0 Å². The summed E-state index contributed by atoms with van der Waals surface area (Å²) < 4.78 is 8.89. The van der Waals surface area contributed by atoms with Crippen LogP contribution in [0, 0.1) is 7.14 Å². The number of halogens is 1. The molecule has 0 radical (unpaired) electrons. The van der Waals surface area contributed by atoms with Crippen molar-refractivity contribution in [2.45, 2.75) is 96.8 Å². The van der Waals surface area contributed by atoms with E-state index in [0.29, 0.717) is 0 Å². The zero-order valence-corrected chi connectivity index (χ0v) is 21.4. The van der Waals surface area contributed by atoms with E-state index < -0.39 is 0 Å². The average molecular weight is 523 g/mol. The Kier molecular flexibility index (Phi) is 14.8. The first-order chi connectivity index (χ1) is 14.9. The van der Waals surface area contributed by atoms with Crippen molar-refractivity contribution in [3.05, 3.63) is 61.7 Å². The van der Waals surface area contributed by atoms with Gasteiger partial charge in [-0.3, -0.25) is 0 Å². The molecule has 168 valence electrons. The molecule has 0 amide bonds. The van der Waals surface area contributed by atoms with Crippen LogP contribution in [0.4, 0.5) is 0 Å². The summed E-state index contributed by atoms with van der Waals surface area (Å²) in [5.74, 6) is 1.02. The number of rotatable bonds is 18. The van der Waals surface area contributed by atoms with Crippen LogP contribution in [0.1, 0.15) is 96.8 Å². The maximum atomic E-state index is 5.93. The molecule has 0 aliphatic heterocycles. The van der Waals surface area contributed by atoms with Gasteiger partial charge in [0.05, 0.1) is 0 Å². The van der Waals surface area contributed by atoms with Crippen LogP contribution < -0.4 is 4.74 Å². The van der Waals surface area contributed by atoms with E-state index in [4.69, 9.17) is 4.74 Å². The zero-order valence-electron chi connectivity index (χ0n) is 19.1. The molecule has 0 aliphatic carbocycles. The topological polar surface area (TPSA) is 9.23 Å². The molecule has 0 bridgehead atoms. The van der Waals surface area contributed by atoms with E-state index in [9.17, 15) is 0 Å². The van der Waals surface area contributed by atoms with E-state index in [1.807, 2.05) is 0 Å². The van der Waals surface area contributed by atoms with Gasteiger partial charge in [-0.15, -0.1) is 0 Å². The second kappa shape index (κ2) is 17.6. The summed E-state index contributed by atoms with van der Waals surface area (Å²) in [5.41, 5.74) is 0. The monoisotopic (exact) mass is 522 g/mol. The SMILES string of the molecule is CCCCCCCCCCCCCCCCOc1ccc([IH]c2ccccc2)cc1. The fourth-order valence-electron chi connectivity index (χ4n) is 3.72. The summed E-state index contributed by atoms with van der Waals surface area (Å²) >= 11 is -0.268. The van der Waals surface area contributed by atoms with E-state index in [1.165, 1.54) is 97.0 Å². The van der Waals surface area contributed by atoms with Crippen molar-refractivity contribution in [1.82, 2.24) is 0 Å². The molecule has 0 aliphatic rings. The van der Waals surface area contributed by atoms with E-state index in [1.54, 1.807) is 0 Å². The van der Waals surface area contributed by atoms with E-state index in [0.717, 1.165) is 12.4 Å². The van der Waals surface area contributed by atoms with Crippen molar-refractivity contribution in [1.29, 1.82) is 0 Å². The van der Waals surface area contributed by atoms with Crippen LogP contribution in [-0.2, 0) is 0 Å². The van der Waals surface area contributed by atoms with Crippen LogP contribution >= 0.6 is 21.2 Å². The number of ether oxygens (including phenoxy) is 1. The molecule has 0 aromatic heterocycles. The van der Waals surface area contributed by atoms with Crippen LogP contribution in [0.3, 0.4) is 0 Å². The van der Waals surface area contributed by atoms with Gasteiger partial charge in [0, 0.05) is 0 Å². The van der Waals surface area contributed by atoms with Gasteiger partial charge in [-0.25, -0.2) is 0 Å². The van der Waals surface area contributed by atoms with Gasteiger partial charge in [0.15, 0.2) is 0 Å². The van der Waals surface area contributed by atoms with Gasteiger partial charge in [-0.05, 0) is 0 Å². The Morgan fingerprint density at radius 1 is 0.533 bits per heavy atom. The van der Waals surface area contributed by atoms with E-state index in [-0.39, 0.29) is 21.2 Å². The van der Waals surface area contributed by atoms with Crippen LogP contribution in [0.5, 0.6) is 5.75 Å². The third-order valence-corrected chi connectivity index (χ3v) is 8.47. The van der Waals surface area contributed by atoms with E-state index >= 15 is 0 Å². The first kappa shape index (κ1) is 25.2. The number of unbranched alkanes of at least 4 members (excludes halogenated alkanes) is 13. The molecule has 0 heterocycles. The Hall–Kier alpha value is -1.03. The summed E-state index contributed by atoms with van der Waals surface area (Å²) in [5, 5.41) is 0. The first-order valence-corrected chi connectivity index (χ1v) is 14.7. The molecule has 0 fully saturated rings.